The molecule has 0 saturated carbocycles. The summed E-state index contributed by atoms with van der Waals surface area (Å²) < 4.78 is 5.42. The Kier molecular flexibility index (Phi) is 5.25. The van der Waals surface area contributed by atoms with Crippen molar-refractivity contribution in [3.63, 3.8) is 0 Å². The van der Waals surface area contributed by atoms with Gasteiger partial charge in [0, 0.05) is 24.4 Å². The lowest BCUT2D eigenvalue weighted by Gasteiger charge is -2.10. The first-order valence-corrected chi connectivity index (χ1v) is 5.51. The number of carbonyl (C=O) groups excluding carboxylic acids is 1. The van der Waals surface area contributed by atoms with Crippen LogP contribution in [0.15, 0.2) is 24.3 Å². The zero-order valence-electron chi connectivity index (χ0n) is 9.49. The molecule has 1 atom stereocenters. The molecule has 1 amide bonds. The lowest BCUT2D eigenvalue weighted by molar-refractivity contribution is -0.0000121. The fourth-order valence-electron chi connectivity index (χ4n) is 1.75. The van der Waals surface area contributed by atoms with Crippen molar-refractivity contribution in [2.75, 3.05) is 18.9 Å². The van der Waals surface area contributed by atoms with E-state index in [1.54, 1.807) is 24.3 Å². The molecule has 94 valence electrons. The van der Waals surface area contributed by atoms with Gasteiger partial charge in [0.2, 0.25) is 0 Å². The third kappa shape index (κ3) is 3.91. The molecule has 1 aromatic rings. The van der Waals surface area contributed by atoms with E-state index >= 15 is 0 Å². The molecule has 3 N–H and O–H groups in total. The van der Waals surface area contributed by atoms with Crippen molar-refractivity contribution < 1.29 is 21.9 Å². The van der Waals surface area contributed by atoms with E-state index in [0.717, 1.165) is 19.4 Å². The molecule has 2 rings (SSSR count). The molecule has 1 saturated heterocycles. The van der Waals surface area contributed by atoms with Crippen LogP contribution in [0.4, 0.5) is 5.69 Å². The molecule has 0 spiro atoms. The largest absolute Gasteiger partial charge is 1.00 e. The second-order valence-corrected chi connectivity index (χ2v) is 3.97. The van der Waals surface area contributed by atoms with Gasteiger partial charge >= 0.3 is 0 Å². The van der Waals surface area contributed by atoms with Gasteiger partial charge in [-0.25, -0.2) is 0 Å². The average molecular weight is 256 g/mol. The first-order chi connectivity index (χ1) is 7.75. The van der Waals surface area contributed by atoms with Crippen molar-refractivity contribution >= 4 is 11.6 Å². The fourth-order valence-corrected chi connectivity index (χ4v) is 1.75. The van der Waals surface area contributed by atoms with Crippen molar-refractivity contribution in [3.8, 4) is 0 Å². The predicted molar refractivity (Wildman–Crippen MR) is 62.2 cm³/mol. The summed E-state index contributed by atoms with van der Waals surface area (Å²) in [6, 6.07) is 6.89. The Morgan fingerprint density at radius 2 is 2.12 bits per heavy atom. The van der Waals surface area contributed by atoms with Crippen molar-refractivity contribution in [1.82, 2.24) is 5.32 Å². The number of ether oxygens (including phenoxy) is 1. The number of carbonyl (C=O) groups is 1. The van der Waals surface area contributed by atoms with E-state index in [9.17, 15) is 4.79 Å². The first kappa shape index (κ1) is 13.8. The topological polar surface area (TPSA) is 64.4 Å². The summed E-state index contributed by atoms with van der Waals surface area (Å²) in [5, 5.41) is 2.86. The van der Waals surface area contributed by atoms with Crippen molar-refractivity contribution in [2.45, 2.75) is 18.9 Å². The number of nitrogens with one attached hydrogen (secondary N) is 1. The Labute approximate surface area is 107 Å². The van der Waals surface area contributed by atoms with Crippen LogP contribution in [0.1, 0.15) is 23.2 Å². The van der Waals surface area contributed by atoms with E-state index in [1.165, 1.54) is 0 Å². The number of nitrogens with two attached hydrogens (primary N) is 1. The van der Waals surface area contributed by atoms with Crippen molar-refractivity contribution in [1.29, 1.82) is 0 Å². The van der Waals surface area contributed by atoms with Crippen LogP contribution in [-0.4, -0.2) is 25.2 Å². The summed E-state index contributed by atoms with van der Waals surface area (Å²) >= 11 is 0. The third-order valence-electron chi connectivity index (χ3n) is 2.69. The van der Waals surface area contributed by atoms with Gasteiger partial charge in [-0.3, -0.25) is 4.79 Å². The van der Waals surface area contributed by atoms with Gasteiger partial charge in [0.1, 0.15) is 0 Å². The smallest absolute Gasteiger partial charge is 0.251 e. The van der Waals surface area contributed by atoms with E-state index in [-0.39, 0.29) is 24.4 Å². The zero-order chi connectivity index (χ0) is 11.4. The summed E-state index contributed by atoms with van der Waals surface area (Å²) in [5.41, 5.74) is 6.84. The van der Waals surface area contributed by atoms with Crippen LogP contribution in [0.2, 0.25) is 0 Å². The average Bonchev–Trinajstić information content (AvgIpc) is 2.80. The van der Waals surface area contributed by atoms with Crippen molar-refractivity contribution in [2.24, 2.45) is 0 Å². The summed E-state index contributed by atoms with van der Waals surface area (Å²) in [6.07, 6.45) is 2.29. The van der Waals surface area contributed by atoms with E-state index in [1.807, 2.05) is 0 Å². The Balaban J connectivity index is 0.00000144. The lowest BCUT2D eigenvalue weighted by atomic mass is 10.2. The molecule has 1 heterocycles. The van der Waals surface area contributed by atoms with Gasteiger partial charge in [-0.15, -0.1) is 0 Å². The van der Waals surface area contributed by atoms with Crippen molar-refractivity contribution in [3.05, 3.63) is 29.8 Å². The quantitative estimate of drug-likeness (QED) is 0.626. The van der Waals surface area contributed by atoms with Crippen LogP contribution in [0, 0.1) is 0 Å². The van der Waals surface area contributed by atoms with E-state index in [2.05, 4.69) is 5.32 Å². The Bertz CT molecular complexity index is 361. The normalized spacial score (nSPS) is 18.5. The number of halogens is 1. The van der Waals surface area contributed by atoms with Crippen LogP contribution < -0.4 is 23.5 Å². The standard InChI is InChI=1S/C12H16N2O2.ClH/c13-10-5-3-9(4-6-10)12(15)14-8-11-2-1-7-16-11;/h3-6,11H,1-2,7-8,13H2,(H,14,15);1H/p-1. The van der Waals surface area contributed by atoms with E-state index in [0.29, 0.717) is 17.8 Å². The van der Waals surface area contributed by atoms with Gasteiger partial charge in [-0.2, -0.15) is 0 Å². The van der Waals surface area contributed by atoms with Crippen LogP contribution in [0.5, 0.6) is 0 Å². The maximum Gasteiger partial charge on any atom is 0.251 e. The van der Waals surface area contributed by atoms with Gasteiger partial charge in [-0.05, 0) is 37.1 Å². The third-order valence-corrected chi connectivity index (χ3v) is 2.69. The Hall–Kier alpha value is -1.26. The molecule has 17 heavy (non-hydrogen) atoms. The molecule has 5 heteroatoms. The number of rotatable bonds is 3. The lowest BCUT2D eigenvalue weighted by Crippen LogP contribution is -3.00. The minimum Gasteiger partial charge on any atom is -1.00 e. The van der Waals surface area contributed by atoms with Gasteiger partial charge in [-0.1, -0.05) is 0 Å². The molecule has 0 aliphatic carbocycles. The van der Waals surface area contributed by atoms with Gasteiger partial charge in [0.05, 0.1) is 6.10 Å². The summed E-state index contributed by atoms with van der Waals surface area (Å²) in [5.74, 6) is -0.0736. The summed E-state index contributed by atoms with van der Waals surface area (Å²) in [7, 11) is 0. The van der Waals surface area contributed by atoms with Gasteiger partial charge < -0.3 is 28.2 Å². The summed E-state index contributed by atoms with van der Waals surface area (Å²) in [6.45, 7) is 1.39. The molecule has 1 aromatic carbocycles. The zero-order valence-corrected chi connectivity index (χ0v) is 10.2. The predicted octanol–water partition coefficient (Wildman–Crippen LogP) is -1.82. The van der Waals surface area contributed by atoms with Crippen LogP contribution in [-0.2, 0) is 4.74 Å². The number of anilines is 1. The first-order valence-electron chi connectivity index (χ1n) is 5.51. The van der Waals surface area contributed by atoms with Gasteiger partial charge in [0.25, 0.3) is 5.91 Å². The number of amides is 1. The number of nitrogen functional groups attached to an aromatic ring is 1. The number of benzene rings is 1. The molecular formula is C12H16ClN2O2-. The van der Waals surface area contributed by atoms with Crippen LogP contribution in [0.25, 0.3) is 0 Å². The molecule has 1 aliphatic heterocycles. The van der Waals surface area contributed by atoms with Crippen LogP contribution >= 0.6 is 0 Å². The minimum absolute atomic E-state index is 0. The highest BCUT2D eigenvalue weighted by Gasteiger charge is 2.16. The van der Waals surface area contributed by atoms with E-state index in [4.69, 9.17) is 10.5 Å². The molecule has 0 radical (unpaired) electrons. The Morgan fingerprint density at radius 1 is 1.41 bits per heavy atom. The maximum absolute atomic E-state index is 11.7. The SMILES string of the molecule is Nc1ccc(C(=O)NCC2CCCO2)cc1.[Cl-]. The second-order valence-electron chi connectivity index (χ2n) is 3.97. The second kappa shape index (κ2) is 6.47. The molecule has 0 bridgehead atoms. The maximum atomic E-state index is 11.7. The number of hydrogen-bond donors (Lipinski definition) is 2. The molecule has 0 aromatic heterocycles. The highest BCUT2D eigenvalue weighted by atomic mass is 35.5. The molecule has 1 aliphatic rings. The molecule has 1 fully saturated rings. The minimum atomic E-state index is -0.0736. The molecular weight excluding hydrogens is 240 g/mol. The van der Waals surface area contributed by atoms with Gasteiger partial charge in [0.15, 0.2) is 0 Å². The van der Waals surface area contributed by atoms with Crippen LogP contribution in [0.3, 0.4) is 0 Å². The monoisotopic (exact) mass is 255 g/mol. The number of hydrogen-bond acceptors (Lipinski definition) is 3. The Morgan fingerprint density at radius 3 is 2.71 bits per heavy atom. The molecule has 4 nitrogen and oxygen atoms in total. The highest BCUT2D eigenvalue weighted by Crippen LogP contribution is 2.11. The molecule has 1 unspecified atom stereocenters. The van der Waals surface area contributed by atoms with E-state index < -0.39 is 0 Å². The fraction of sp³-hybridized carbons (Fsp3) is 0.417. The summed E-state index contributed by atoms with van der Waals surface area (Å²) in [4.78, 5) is 11.7. The highest BCUT2D eigenvalue weighted by molar-refractivity contribution is 5.94.